The highest BCUT2D eigenvalue weighted by atomic mass is 35.5. The molecule has 0 aliphatic carbocycles. The van der Waals surface area contributed by atoms with Gasteiger partial charge in [-0.1, -0.05) is 11.6 Å². The second kappa shape index (κ2) is 2.86. The first-order valence-corrected chi connectivity index (χ1v) is 4.85. The van der Waals surface area contributed by atoms with Crippen molar-refractivity contribution >= 4 is 34.3 Å². The summed E-state index contributed by atoms with van der Waals surface area (Å²) in [6.45, 7) is 1.84. The molecular formula is C9H5ClO2S. The summed E-state index contributed by atoms with van der Waals surface area (Å²) in [5.41, 5.74) is 1.34. The molecule has 1 heterocycles. The van der Waals surface area contributed by atoms with Crippen LogP contribution in [0.5, 0.6) is 0 Å². The van der Waals surface area contributed by atoms with E-state index >= 15 is 0 Å². The predicted molar refractivity (Wildman–Crippen MR) is 51.4 cm³/mol. The van der Waals surface area contributed by atoms with Crippen LogP contribution in [-0.4, -0.2) is 10.9 Å². The fourth-order valence-corrected chi connectivity index (χ4v) is 2.45. The van der Waals surface area contributed by atoms with E-state index in [-0.39, 0.29) is 0 Å². The molecular weight excluding hydrogens is 208 g/mol. The standard InChI is InChI=1S/C9H5ClO2S/c1-4-2-5-7(11)9(12)13-8(5)6(10)3-4/h2-3H,1H3. The number of thioether (sulfide) groups is 1. The molecule has 0 radical (unpaired) electrons. The molecule has 0 saturated carbocycles. The minimum atomic E-state index is -0.442. The number of halogens is 1. The summed E-state index contributed by atoms with van der Waals surface area (Å²) in [4.78, 5) is 22.9. The third-order valence-corrected chi connectivity index (χ3v) is 3.24. The molecule has 0 unspecified atom stereocenters. The van der Waals surface area contributed by atoms with Crippen LogP contribution >= 0.6 is 23.4 Å². The van der Waals surface area contributed by atoms with Crippen LogP contribution in [0.25, 0.3) is 0 Å². The summed E-state index contributed by atoms with van der Waals surface area (Å²) in [5.74, 6) is -0.439. The number of benzene rings is 1. The Morgan fingerprint density at radius 2 is 2.00 bits per heavy atom. The maximum atomic E-state index is 11.3. The van der Waals surface area contributed by atoms with Crippen LogP contribution in [-0.2, 0) is 4.79 Å². The molecule has 1 aliphatic heterocycles. The second-order valence-electron chi connectivity index (χ2n) is 2.84. The van der Waals surface area contributed by atoms with Gasteiger partial charge in [-0.2, -0.15) is 0 Å². The number of Topliss-reactive ketones (excluding diaryl/α,β-unsaturated/α-hetero) is 1. The van der Waals surface area contributed by atoms with Crippen molar-refractivity contribution in [2.24, 2.45) is 0 Å². The fourth-order valence-electron chi connectivity index (χ4n) is 1.25. The third-order valence-electron chi connectivity index (χ3n) is 1.81. The number of rotatable bonds is 0. The first kappa shape index (κ1) is 8.78. The zero-order valence-electron chi connectivity index (χ0n) is 6.76. The van der Waals surface area contributed by atoms with Crippen molar-refractivity contribution in [3.8, 4) is 0 Å². The molecule has 2 nitrogen and oxygen atoms in total. The van der Waals surface area contributed by atoms with E-state index in [4.69, 9.17) is 11.6 Å². The van der Waals surface area contributed by atoms with E-state index in [1.165, 1.54) is 0 Å². The normalized spacial score (nSPS) is 14.9. The van der Waals surface area contributed by atoms with Gasteiger partial charge in [0.15, 0.2) is 0 Å². The number of aryl methyl sites for hydroxylation is 1. The Kier molecular flexibility index (Phi) is 1.93. The Labute approximate surface area is 84.3 Å². The molecule has 0 spiro atoms. The lowest BCUT2D eigenvalue weighted by Gasteiger charge is -1.99. The maximum absolute atomic E-state index is 11.3. The minimum absolute atomic E-state index is 0.439. The number of carbonyl (C=O) groups is 2. The van der Waals surface area contributed by atoms with Crippen LogP contribution in [0.15, 0.2) is 17.0 Å². The quantitative estimate of drug-likeness (QED) is 0.620. The van der Waals surface area contributed by atoms with Crippen LogP contribution in [0.1, 0.15) is 15.9 Å². The van der Waals surface area contributed by atoms with Gasteiger partial charge >= 0.3 is 0 Å². The SMILES string of the molecule is Cc1cc(Cl)c2c(c1)C(=O)C(=O)S2. The van der Waals surface area contributed by atoms with Crippen LogP contribution < -0.4 is 0 Å². The van der Waals surface area contributed by atoms with Crippen molar-refractivity contribution in [2.75, 3.05) is 0 Å². The summed E-state index contributed by atoms with van der Waals surface area (Å²) in [5, 5.41) is 0.0432. The zero-order chi connectivity index (χ0) is 9.59. The fraction of sp³-hybridized carbons (Fsp3) is 0.111. The summed E-state index contributed by atoms with van der Waals surface area (Å²) in [6, 6.07) is 3.45. The predicted octanol–water partition coefficient (Wildman–Crippen LogP) is 2.46. The molecule has 0 aromatic heterocycles. The Hall–Kier alpha value is -0.800. The molecule has 0 saturated heterocycles. The monoisotopic (exact) mass is 212 g/mol. The molecule has 1 aromatic carbocycles. The second-order valence-corrected chi connectivity index (χ2v) is 4.23. The van der Waals surface area contributed by atoms with Gasteiger partial charge in [-0.15, -0.1) is 0 Å². The molecule has 4 heteroatoms. The Morgan fingerprint density at radius 3 is 2.69 bits per heavy atom. The van der Waals surface area contributed by atoms with Crippen LogP contribution in [0.2, 0.25) is 5.02 Å². The first-order valence-electron chi connectivity index (χ1n) is 3.66. The van der Waals surface area contributed by atoms with E-state index in [9.17, 15) is 9.59 Å². The Balaban J connectivity index is 2.70. The van der Waals surface area contributed by atoms with Crippen LogP contribution in [0, 0.1) is 6.92 Å². The number of fused-ring (bicyclic) bond motifs is 1. The van der Waals surface area contributed by atoms with Crippen molar-refractivity contribution in [1.29, 1.82) is 0 Å². The lowest BCUT2D eigenvalue weighted by Crippen LogP contribution is -2.02. The summed E-state index contributed by atoms with van der Waals surface area (Å²) in [7, 11) is 0. The zero-order valence-corrected chi connectivity index (χ0v) is 8.33. The smallest absolute Gasteiger partial charge is 0.264 e. The van der Waals surface area contributed by atoms with Crippen molar-refractivity contribution in [2.45, 2.75) is 11.8 Å². The highest BCUT2D eigenvalue weighted by Crippen LogP contribution is 2.38. The van der Waals surface area contributed by atoms with Gasteiger partial charge in [0.05, 0.1) is 5.02 Å². The van der Waals surface area contributed by atoms with Crippen LogP contribution in [0.4, 0.5) is 0 Å². The molecule has 1 aromatic rings. The number of ketones is 1. The number of hydrogen-bond donors (Lipinski definition) is 0. The summed E-state index contributed by atoms with van der Waals surface area (Å²) in [6.07, 6.45) is 0. The molecule has 66 valence electrons. The van der Waals surface area contributed by atoms with Crippen LogP contribution in [0.3, 0.4) is 0 Å². The minimum Gasteiger partial charge on any atom is -0.284 e. The topological polar surface area (TPSA) is 34.1 Å². The van der Waals surface area contributed by atoms with E-state index in [2.05, 4.69) is 0 Å². The number of carbonyl (C=O) groups excluding carboxylic acids is 2. The molecule has 2 rings (SSSR count). The van der Waals surface area contributed by atoms with Gasteiger partial charge in [-0.25, -0.2) is 0 Å². The van der Waals surface area contributed by atoms with Gasteiger partial charge < -0.3 is 0 Å². The van der Waals surface area contributed by atoms with E-state index in [1.807, 2.05) is 6.92 Å². The third kappa shape index (κ3) is 1.28. The molecule has 1 aliphatic rings. The molecule has 0 amide bonds. The molecule has 0 atom stereocenters. The lowest BCUT2D eigenvalue weighted by atomic mass is 10.1. The first-order chi connectivity index (χ1) is 6.09. The van der Waals surface area contributed by atoms with Crippen molar-refractivity contribution in [3.05, 3.63) is 28.3 Å². The van der Waals surface area contributed by atoms with Gasteiger partial charge in [0.1, 0.15) is 0 Å². The number of hydrogen-bond acceptors (Lipinski definition) is 3. The molecule has 13 heavy (non-hydrogen) atoms. The summed E-state index contributed by atoms with van der Waals surface area (Å²) < 4.78 is 0. The van der Waals surface area contributed by atoms with Gasteiger partial charge in [0, 0.05) is 10.5 Å². The average Bonchev–Trinajstić information content (AvgIpc) is 2.32. The molecule has 0 bridgehead atoms. The van der Waals surface area contributed by atoms with Crippen molar-refractivity contribution in [3.63, 3.8) is 0 Å². The van der Waals surface area contributed by atoms with Gasteiger partial charge in [0.2, 0.25) is 5.78 Å². The summed E-state index contributed by atoms with van der Waals surface area (Å²) >= 11 is 6.79. The Morgan fingerprint density at radius 1 is 1.31 bits per heavy atom. The van der Waals surface area contributed by atoms with E-state index in [0.29, 0.717) is 15.5 Å². The van der Waals surface area contributed by atoms with Gasteiger partial charge in [-0.05, 0) is 36.4 Å². The highest BCUT2D eigenvalue weighted by Gasteiger charge is 2.31. The largest absolute Gasteiger partial charge is 0.284 e. The van der Waals surface area contributed by atoms with E-state index in [0.717, 1.165) is 17.3 Å². The highest BCUT2D eigenvalue weighted by molar-refractivity contribution is 8.16. The maximum Gasteiger partial charge on any atom is 0.264 e. The van der Waals surface area contributed by atoms with Gasteiger partial charge in [0.25, 0.3) is 5.12 Å². The lowest BCUT2D eigenvalue weighted by molar-refractivity contribution is -0.107. The molecule has 0 fully saturated rings. The average molecular weight is 213 g/mol. The Bertz CT molecular complexity index is 426. The van der Waals surface area contributed by atoms with Gasteiger partial charge in [-0.3, -0.25) is 9.59 Å². The molecule has 0 N–H and O–H groups in total. The van der Waals surface area contributed by atoms with E-state index in [1.54, 1.807) is 12.1 Å². The van der Waals surface area contributed by atoms with Crippen molar-refractivity contribution < 1.29 is 9.59 Å². The van der Waals surface area contributed by atoms with Crippen molar-refractivity contribution in [1.82, 2.24) is 0 Å². The van der Waals surface area contributed by atoms with E-state index < -0.39 is 10.9 Å².